The molecule has 0 amide bonds. The van der Waals surface area contributed by atoms with Crippen LogP contribution in [0.2, 0.25) is 0 Å². The summed E-state index contributed by atoms with van der Waals surface area (Å²) >= 11 is 0. The normalized spacial score (nSPS) is 10.9. The maximum Gasteiger partial charge on any atom is 0.347 e. The van der Waals surface area contributed by atoms with Crippen LogP contribution in [-0.4, -0.2) is 4.98 Å². The molecule has 0 bridgehead atoms. The molecular formula is C9H4F3NO2. The van der Waals surface area contributed by atoms with E-state index in [-0.39, 0.29) is 5.89 Å². The Bertz CT molecular complexity index is 606. The SMILES string of the molecule is Cc1nc2c(F)c(F)c(F)cc2c(=O)o1. The molecular weight excluding hydrogens is 211 g/mol. The van der Waals surface area contributed by atoms with Crippen molar-refractivity contribution in [1.82, 2.24) is 4.98 Å². The lowest BCUT2D eigenvalue weighted by Crippen LogP contribution is -2.06. The molecule has 0 aliphatic rings. The lowest BCUT2D eigenvalue weighted by Gasteiger charge is -2.00. The molecule has 0 atom stereocenters. The van der Waals surface area contributed by atoms with Crippen LogP contribution in [0.4, 0.5) is 13.2 Å². The minimum atomic E-state index is -1.65. The first-order chi connectivity index (χ1) is 7.00. The summed E-state index contributed by atoms with van der Waals surface area (Å²) in [5.74, 6) is -4.70. The van der Waals surface area contributed by atoms with Crippen molar-refractivity contribution in [3.8, 4) is 0 Å². The van der Waals surface area contributed by atoms with Gasteiger partial charge in [0.1, 0.15) is 5.52 Å². The molecule has 0 saturated heterocycles. The minimum absolute atomic E-state index is 0.114. The van der Waals surface area contributed by atoms with Crippen LogP contribution in [-0.2, 0) is 0 Å². The van der Waals surface area contributed by atoms with Crippen LogP contribution >= 0.6 is 0 Å². The van der Waals surface area contributed by atoms with Crippen molar-refractivity contribution in [2.75, 3.05) is 0 Å². The first kappa shape index (κ1) is 9.70. The van der Waals surface area contributed by atoms with E-state index in [9.17, 15) is 18.0 Å². The highest BCUT2D eigenvalue weighted by Crippen LogP contribution is 2.19. The van der Waals surface area contributed by atoms with E-state index < -0.39 is 34.0 Å². The predicted molar refractivity (Wildman–Crippen MR) is 44.9 cm³/mol. The Hall–Kier alpha value is -1.85. The smallest absolute Gasteiger partial charge is 0.347 e. The zero-order valence-electron chi connectivity index (χ0n) is 7.47. The van der Waals surface area contributed by atoms with Crippen molar-refractivity contribution in [2.24, 2.45) is 0 Å². The highest BCUT2D eigenvalue weighted by molar-refractivity contribution is 5.77. The van der Waals surface area contributed by atoms with E-state index in [2.05, 4.69) is 9.40 Å². The Morgan fingerprint density at radius 3 is 2.60 bits per heavy atom. The van der Waals surface area contributed by atoms with E-state index in [0.29, 0.717) is 6.07 Å². The second kappa shape index (κ2) is 3.08. The maximum atomic E-state index is 13.2. The third-order valence-corrected chi connectivity index (χ3v) is 1.87. The van der Waals surface area contributed by atoms with Gasteiger partial charge in [-0.15, -0.1) is 0 Å². The Morgan fingerprint density at radius 1 is 1.27 bits per heavy atom. The van der Waals surface area contributed by atoms with Gasteiger partial charge in [-0.3, -0.25) is 0 Å². The summed E-state index contributed by atoms with van der Waals surface area (Å²) in [5, 5.41) is -0.419. The summed E-state index contributed by atoms with van der Waals surface area (Å²) in [7, 11) is 0. The van der Waals surface area contributed by atoms with E-state index in [4.69, 9.17) is 0 Å². The number of hydrogen-bond donors (Lipinski definition) is 0. The predicted octanol–water partition coefficient (Wildman–Crippen LogP) is 1.91. The lowest BCUT2D eigenvalue weighted by atomic mass is 10.2. The number of hydrogen-bond acceptors (Lipinski definition) is 3. The van der Waals surface area contributed by atoms with Gasteiger partial charge in [-0.1, -0.05) is 0 Å². The summed E-state index contributed by atoms with van der Waals surface area (Å²) in [4.78, 5) is 14.6. The van der Waals surface area contributed by atoms with E-state index in [1.165, 1.54) is 6.92 Å². The average Bonchev–Trinajstić information content (AvgIpc) is 2.17. The van der Waals surface area contributed by atoms with Crippen LogP contribution in [0.25, 0.3) is 10.9 Å². The molecule has 6 heteroatoms. The van der Waals surface area contributed by atoms with E-state index in [0.717, 1.165) is 0 Å². The second-order valence-electron chi connectivity index (χ2n) is 2.90. The largest absolute Gasteiger partial charge is 0.408 e. The fraction of sp³-hybridized carbons (Fsp3) is 0.111. The van der Waals surface area contributed by atoms with Crippen molar-refractivity contribution in [3.63, 3.8) is 0 Å². The number of aromatic nitrogens is 1. The monoisotopic (exact) mass is 215 g/mol. The highest BCUT2D eigenvalue weighted by Gasteiger charge is 2.17. The fourth-order valence-electron chi connectivity index (χ4n) is 1.22. The standard InChI is InChI=1S/C9H4F3NO2/c1-3-13-8-4(9(14)15-3)2-5(10)6(11)7(8)12/h2H,1H3. The third-order valence-electron chi connectivity index (χ3n) is 1.87. The van der Waals surface area contributed by atoms with Crippen molar-refractivity contribution >= 4 is 10.9 Å². The van der Waals surface area contributed by atoms with Crippen LogP contribution < -0.4 is 5.63 Å². The topological polar surface area (TPSA) is 43.1 Å². The first-order valence-corrected chi connectivity index (χ1v) is 3.95. The van der Waals surface area contributed by atoms with Crippen molar-refractivity contribution in [1.29, 1.82) is 0 Å². The Balaban J connectivity index is 3.05. The molecule has 1 aromatic carbocycles. The molecule has 0 aliphatic heterocycles. The number of benzene rings is 1. The zero-order chi connectivity index (χ0) is 11.2. The molecule has 1 aromatic heterocycles. The van der Waals surface area contributed by atoms with Crippen LogP contribution in [0.15, 0.2) is 15.3 Å². The average molecular weight is 215 g/mol. The van der Waals surface area contributed by atoms with Gasteiger partial charge in [0.15, 0.2) is 23.3 Å². The van der Waals surface area contributed by atoms with Gasteiger partial charge in [0.25, 0.3) is 0 Å². The van der Waals surface area contributed by atoms with Crippen LogP contribution in [0.3, 0.4) is 0 Å². The van der Waals surface area contributed by atoms with Crippen LogP contribution in [0.5, 0.6) is 0 Å². The van der Waals surface area contributed by atoms with Crippen molar-refractivity contribution in [3.05, 3.63) is 39.8 Å². The summed E-state index contributed by atoms with van der Waals surface area (Å²) in [6.07, 6.45) is 0. The number of aryl methyl sites for hydroxylation is 1. The molecule has 2 aromatic rings. The molecule has 1 heterocycles. The third kappa shape index (κ3) is 1.38. The van der Waals surface area contributed by atoms with Gasteiger partial charge in [0, 0.05) is 6.92 Å². The van der Waals surface area contributed by atoms with Crippen LogP contribution in [0, 0.1) is 24.4 Å². The Kier molecular flexibility index (Phi) is 1.99. The molecule has 3 nitrogen and oxygen atoms in total. The Labute approximate surface area is 81.2 Å². The van der Waals surface area contributed by atoms with Gasteiger partial charge < -0.3 is 4.42 Å². The molecule has 0 fully saturated rings. The van der Waals surface area contributed by atoms with E-state index >= 15 is 0 Å². The Morgan fingerprint density at radius 2 is 1.93 bits per heavy atom. The highest BCUT2D eigenvalue weighted by atomic mass is 19.2. The second-order valence-corrected chi connectivity index (χ2v) is 2.90. The lowest BCUT2D eigenvalue weighted by molar-refractivity contribution is 0.441. The first-order valence-electron chi connectivity index (χ1n) is 3.95. The van der Waals surface area contributed by atoms with Gasteiger partial charge in [-0.2, -0.15) is 0 Å². The molecule has 0 spiro atoms. The molecule has 0 unspecified atom stereocenters. The number of rotatable bonds is 0. The van der Waals surface area contributed by atoms with Crippen molar-refractivity contribution in [2.45, 2.75) is 6.92 Å². The molecule has 78 valence electrons. The number of nitrogens with zero attached hydrogens (tertiary/aromatic N) is 1. The number of halogens is 3. The molecule has 15 heavy (non-hydrogen) atoms. The summed E-state index contributed by atoms with van der Waals surface area (Å²) in [5.41, 5.74) is -1.47. The molecule has 0 radical (unpaired) electrons. The van der Waals surface area contributed by atoms with E-state index in [1.54, 1.807) is 0 Å². The van der Waals surface area contributed by atoms with Gasteiger partial charge in [0.2, 0.25) is 0 Å². The summed E-state index contributed by atoms with van der Waals surface area (Å²) in [6, 6.07) is 0.562. The van der Waals surface area contributed by atoms with Gasteiger partial charge in [-0.05, 0) is 6.07 Å². The quantitative estimate of drug-likeness (QED) is 0.630. The number of fused-ring (bicyclic) bond motifs is 1. The van der Waals surface area contributed by atoms with E-state index in [1.807, 2.05) is 0 Å². The summed E-state index contributed by atoms with van der Waals surface area (Å²) < 4.78 is 43.2. The maximum absolute atomic E-state index is 13.2. The van der Waals surface area contributed by atoms with Gasteiger partial charge in [0.05, 0.1) is 5.39 Å². The molecule has 0 saturated carbocycles. The molecule has 0 N–H and O–H groups in total. The minimum Gasteiger partial charge on any atom is -0.408 e. The van der Waals surface area contributed by atoms with Gasteiger partial charge >= 0.3 is 5.63 Å². The zero-order valence-corrected chi connectivity index (χ0v) is 7.47. The summed E-state index contributed by atoms with van der Waals surface area (Å²) in [6.45, 7) is 1.31. The molecule has 0 aliphatic carbocycles. The van der Waals surface area contributed by atoms with Crippen LogP contribution in [0.1, 0.15) is 5.89 Å². The molecule has 2 rings (SSSR count). The van der Waals surface area contributed by atoms with Gasteiger partial charge in [-0.25, -0.2) is 22.9 Å². The van der Waals surface area contributed by atoms with Crippen molar-refractivity contribution < 1.29 is 17.6 Å². The fourth-order valence-corrected chi connectivity index (χ4v) is 1.22.